The largest absolute Gasteiger partial charge is 0.460 e. The fourth-order valence-electron chi connectivity index (χ4n) is 1.31. The second-order valence-electron chi connectivity index (χ2n) is 3.82. The van der Waals surface area contributed by atoms with Crippen LogP contribution in [0.2, 0.25) is 0 Å². The number of esters is 1. The van der Waals surface area contributed by atoms with Crippen LogP contribution >= 0.6 is 0 Å². The van der Waals surface area contributed by atoms with E-state index in [-0.39, 0.29) is 13.2 Å². The first-order valence-corrected chi connectivity index (χ1v) is 6.28. The van der Waals surface area contributed by atoms with Gasteiger partial charge in [0.1, 0.15) is 12.2 Å². The summed E-state index contributed by atoms with van der Waals surface area (Å²) in [4.78, 5) is 14.6. The summed E-state index contributed by atoms with van der Waals surface area (Å²) in [6.07, 6.45) is 0.989. The van der Waals surface area contributed by atoms with Gasteiger partial charge in [-0.15, -0.1) is 0 Å². The predicted octanol–water partition coefficient (Wildman–Crippen LogP) is 1.20. The van der Waals surface area contributed by atoms with Crippen molar-refractivity contribution < 1.29 is 32.5 Å². The zero-order valence-electron chi connectivity index (χ0n) is 11.6. The summed E-state index contributed by atoms with van der Waals surface area (Å²) >= 11 is 0. The molecule has 1 heterocycles. The molecular weight excluding hydrogens is 288 g/mol. The van der Waals surface area contributed by atoms with E-state index in [0.29, 0.717) is 26.4 Å². The molecule has 0 radical (unpaired) electrons. The number of carbonyl (C=O) groups excluding carboxylic acids is 1. The normalized spacial score (nSPS) is 10.6. The number of rotatable bonds is 10. The molecule has 0 spiro atoms. The van der Waals surface area contributed by atoms with Gasteiger partial charge in [0.25, 0.3) is 0 Å². The molecule has 0 saturated carbocycles. The number of carbonyl (C=O) groups is 1. The molecule has 0 aliphatic heterocycles. The van der Waals surface area contributed by atoms with Crippen molar-refractivity contribution in [2.45, 2.75) is 0 Å². The SMILES string of the molecule is COCCOCCOCCOC(=O)c1ccnc(F)c1F. The highest BCUT2D eigenvalue weighted by atomic mass is 19.2. The van der Waals surface area contributed by atoms with Gasteiger partial charge in [0.15, 0.2) is 5.82 Å². The molecule has 0 aromatic carbocycles. The van der Waals surface area contributed by atoms with E-state index < -0.39 is 23.3 Å². The lowest BCUT2D eigenvalue weighted by molar-refractivity contribution is 0.00550. The van der Waals surface area contributed by atoms with E-state index in [2.05, 4.69) is 4.98 Å². The third-order valence-corrected chi connectivity index (χ3v) is 2.33. The number of aromatic nitrogens is 1. The summed E-state index contributed by atoms with van der Waals surface area (Å²) in [6.45, 7) is 1.77. The molecule has 118 valence electrons. The summed E-state index contributed by atoms with van der Waals surface area (Å²) in [5, 5.41) is 0. The van der Waals surface area contributed by atoms with E-state index in [1.807, 2.05) is 0 Å². The van der Waals surface area contributed by atoms with Crippen LogP contribution in [0.3, 0.4) is 0 Å². The number of nitrogens with zero attached hydrogens (tertiary/aromatic N) is 1. The Morgan fingerprint density at radius 1 is 1.10 bits per heavy atom. The molecule has 1 aromatic heterocycles. The summed E-state index contributed by atoms with van der Waals surface area (Å²) in [6, 6.07) is 1.05. The summed E-state index contributed by atoms with van der Waals surface area (Å²) in [5.74, 6) is -3.63. The van der Waals surface area contributed by atoms with E-state index in [9.17, 15) is 13.6 Å². The highest BCUT2D eigenvalue weighted by Crippen LogP contribution is 2.10. The maximum absolute atomic E-state index is 13.2. The zero-order chi connectivity index (χ0) is 15.5. The Labute approximate surface area is 121 Å². The number of hydrogen-bond acceptors (Lipinski definition) is 6. The Hall–Kier alpha value is -1.64. The summed E-state index contributed by atoms with van der Waals surface area (Å²) in [7, 11) is 1.58. The van der Waals surface area contributed by atoms with Crippen LogP contribution in [0, 0.1) is 11.8 Å². The smallest absolute Gasteiger partial charge is 0.341 e. The van der Waals surface area contributed by atoms with Crippen LogP contribution in [-0.2, 0) is 18.9 Å². The fourth-order valence-corrected chi connectivity index (χ4v) is 1.31. The molecule has 1 rings (SSSR count). The van der Waals surface area contributed by atoms with Gasteiger partial charge in [-0.1, -0.05) is 0 Å². The molecule has 0 aliphatic carbocycles. The average Bonchev–Trinajstić information content (AvgIpc) is 2.48. The molecule has 0 atom stereocenters. The lowest BCUT2D eigenvalue weighted by Gasteiger charge is -2.07. The lowest BCUT2D eigenvalue weighted by Crippen LogP contribution is -2.15. The van der Waals surface area contributed by atoms with Crippen molar-refractivity contribution in [3.8, 4) is 0 Å². The quantitative estimate of drug-likeness (QED) is 0.367. The maximum Gasteiger partial charge on any atom is 0.341 e. The topological polar surface area (TPSA) is 66.9 Å². The van der Waals surface area contributed by atoms with Crippen molar-refractivity contribution in [1.29, 1.82) is 0 Å². The molecule has 6 nitrogen and oxygen atoms in total. The molecule has 8 heteroatoms. The van der Waals surface area contributed by atoms with Gasteiger partial charge >= 0.3 is 5.97 Å². The average molecular weight is 305 g/mol. The van der Waals surface area contributed by atoms with Gasteiger partial charge in [-0.3, -0.25) is 0 Å². The van der Waals surface area contributed by atoms with Crippen LogP contribution in [-0.4, -0.2) is 57.7 Å². The Kier molecular flexibility index (Phi) is 8.41. The minimum atomic E-state index is -1.34. The summed E-state index contributed by atoms with van der Waals surface area (Å²) < 4.78 is 45.9. The van der Waals surface area contributed by atoms with Gasteiger partial charge in [-0.25, -0.2) is 14.2 Å². The minimum absolute atomic E-state index is 0.0692. The highest BCUT2D eigenvalue weighted by Gasteiger charge is 2.17. The van der Waals surface area contributed by atoms with Crippen LogP contribution in [0.1, 0.15) is 10.4 Å². The molecule has 0 bridgehead atoms. The second kappa shape index (κ2) is 10.1. The molecule has 0 amide bonds. The van der Waals surface area contributed by atoms with Crippen molar-refractivity contribution in [2.75, 3.05) is 46.8 Å². The van der Waals surface area contributed by atoms with Crippen molar-refractivity contribution in [3.05, 3.63) is 29.6 Å². The van der Waals surface area contributed by atoms with Crippen molar-refractivity contribution >= 4 is 5.97 Å². The van der Waals surface area contributed by atoms with Crippen LogP contribution in [0.5, 0.6) is 0 Å². The first kappa shape index (κ1) is 17.4. The second-order valence-corrected chi connectivity index (χ2v) is 3.82. The van der Waals surface area contributed by atoms with Gasteiger partial charge in [-0.05, 0) is 6.07 Å². The number of halogens is 2. The van der Waals surface area contributed by atoms with E-state index in [1.54, 1.807) is 7.11 Å². The third-order valence-electron chi connectivity index (χ3n) is 2.33. The molecule has 0 fully saturated rings. The molecule has 0 N–H and O–H groups in total. The molecule has 0 aliphatic rings. The number of pyridine rings is 1. The number of ether oxygens (including phenoxy) is 4. The standard InChI is InChI=1S/C13H17F2NO5/c1-18-4-5-19-6-7-20-8-9-21-13(17)10-2-3-16-12(15)11(10)14/h2-3H,4-9H2,1H3. The minimum Gasteiger partial charge on any atom is -0.460 e. The van der Waals surface area contributed by atoms with Gasteiger partial charge < -0.3 is 18.9 Å². The molecule has 1 aromatic rings. The van der Waals surface area contributed by atoms with Gasteiger partial charge in [0, 0.05) is 13.3 Å². The zero-order valence-corrected chi connectivity index (χ0v) is 11.6. The third kappa shape index (κ3) is 6.56. The summed E-state index contributed by atoms with van der Waals surface area (Å²) in [5.41, 5.74) is -0.495. The highest BCUT2D eigenvalue weighted by molar-refractivity contribution is 5.89. The van der Waals surface area contributed by atoms with E-state index >= 15 is 0 Å². The van der Waals surface area contributed by atoms with Gasteiger partial charge in [0.05, 0.1) is 33.0 Å². The van der Waals surface area contributed by atoms with E-state index in [4.69, 9.17) is 18.9 Å². The number of methoxy groups -OCH3 is 1. The van der Waals surface area contributed by atoms with Crippen LogP contribution in [0.4, 0.5) is 8.78 Å². The molecule has 21 heavy (non-hydrogen) atoms. The maximum atomic E-state index is 13.2. The van der Waals surface area contributed by atoms with Crippen molar-refractivity contribution in [2.24, 2.45) is 0 Å². The van der Waals surface area contributed by atoms with Gasteiger partial charge in [0.2, 0.25) is 5.95 Å². The lowest BCUT2D eigenvalue weighted by atomic mass is 10.2. The Balaban J connectivity index is 2.13. The van der Waals surface area contributed by atoms with Crippen molar-refractivity contribution in [3.63, 3.8) is 0 Å². The van der Waals surface area contributed by atoms with Crippen LogP contribution < -0.4 is 0 Å². The monoisotopic (exact) mass is 305 g/mol. The molecule has 0 unspecified atom stereocenters. The first-order chi connectivity index (χ1) is 10.2. The van der Waals surface area contributed by atoms with Crippen molar-refractivity contribution in [1.82, 2.24) is 4.98 Å². The van der Waals surface area contributed by atoms with E-state index in [1.165, 1.54) is 0 Å². The molecule has 0 saturated heterocycles. The van der Waals surface area contributed by atoms with E-state index in [0.717, 1.165) is 12.3 Å². The van der Waals surface area contributed by atoms with Gasteiger partial charge in [-0.2, -0.15) is 4.39 Å². The fraction of sp³-hybridized carbons (Fsp3) is 0.538. The first-order valence-electron chi connectivity index (χ1n) is 6.28. The molecular formula is C13H17F2NO5. The predicted molar refractivity (Wildman–Crippen MR) is 67.9 cm³/mol. The van der Waals surface area contributed by atoms with Crippen LogP contribution in [0.15, 0.2) is 12.3 Å². The Morgan fingerprint density at radius 2 is 1.71 bits per heavy atom. The van der Waals surface area contributed by atoms with Crippen LogP contribution in [0.25, 0.3) is 0 Å². The Morgan fingerprint density at radius 3 is 2.38 bits per heavy atom. The Bertz CT molecular complexity index is 445. The number of hydrogen-bond donors (Lipinski definition) is 0.